The van der Waals surface area contributed by atoms with Gasteiger partial charge < -0.3 is 5.32 Å². The lowest BCUT2D eigenvalue weighted by Crippen LogP contribution is -2.37. The van der Waals surface area contributed by atoms with E-state index >= 15 is 0 Å². The first kappa shape index (κ1) is 20.0. The van der Waals surface area contributed by atoms with Crippen LogP contribution in [-0.4, -0.2) is 31.7 Å². The number of carbonyl (C=O) groups excluding carboxylic acids is 1. The van der Waals surface area contributed by atoms with Gasteiger partial charge in [-0.2, -0.15) is 4.31 Å². The summed E-state index contributed by atoms with van der Waals surface area (Å²) in [4.78, 5) is 12.7. The van der Waals surface area contributed by atoms with Gasteiger partial charge in [0.2, 0.25) is 15.9 Å². The van der Waals surface area contributed by atoms with Gasteiger partial charge in [0.15, 0.2) is 0 Å². The van der Waals surface area contributed by atoms with Crippen LogP contribution in [0.3, 0.4) is 0 Å². The van der Waals surface area contributed by atoms with E-state index < -0.39 is 10.0 Å². The first-order chi connectivity index (χ1) is 13.3. The summed E-state index contributed by atoms with van der Waals surface area (Å²) >= 11 is 0. The third-order valence-electron chi connectivity index (χ3n) is 4.70. The summed E-state index contributed by atoms with van der Waals surface area (Å²) in [6, 6.07) is 18.4. The van der Waals surface area contributed by atoms with Gasteiger partial charge in [-0.1, -0.05) is 49.4 Å². The van der Waals surface area contributed by atoms with Gasteiger partial charge in [0.05, 0.1) is 11.4 Å². The average molecular weight is 397 g/mol. The third kappa shape index (κ3) is 4.24. The van der Waals surface area contributed by atoms with E-state index in [0.717, 1.165) is 21.9 Å². The molecular weight excluding hydrogens is 372 g/mol. The van der Waals surface area contributed by atoms with Crippen molar-refractivity contribution < 1.29 is 13.2 Å². The van der Waals surface area contributed by atoms with Crippen molar-refractivity contribution in [3.05, 3.63) is 71.8 Å². The highest BCUT2D eigenvalue weighted by molar-refractivity contribution is 7.89. The Morgan fingerprint density at radius 1 is 0.964 bits per heavy atom. The predicted molar refractivity (Wildman–Crippen MR) is 113 cm³/mol. The molecule has 0 fully saturated rings. The number of likely N-dealkylation sites (N-methyl/N-ethyl adjacent to an activating group) is 1. The molecule has 28 heavy (non-hydrogen) atoms. The number of benzene rings is 3. The van der Waals surface area contributed by atoms with Gasteiger partial charge in [-0.25, -0.2) is 8.42 Å². The summed E-state index contributed by atoms with van der Waals surface area (Å²) in [5.74, 6) is -0.361. The highest BCUT2D eigenvalue weighted by Gasteiger charge is 2.25. The lowest BCUT2D eigenvalue weighted by Gasteiger charge is -2.20. The van der Waals surface area contributed by atoms with Gasteiger partial charge in [-0.05, 0) is 53.9 Å². The Labute approximate surface area is 166 Å². The van der Waals surface area contributed by atoms with Crippen LogP contribution in [0.15, 0.2) is 65.6 Å². The van der Waals surface area contributed by atoms with E-state index in [0.29, 0.717) is 5.69 Å². The maximum atomic E-state index is 13.1. The lowest BCUT2D eigenvalue weighted by atomic mass is 10.1. The van der Waals surface area contributed by atoms with Crippen LogP contribution in [0.5, 0.6) is 0 Å². The summed E-state index contributed by atoms with van der Waals surface area (Å²) in [6.45, 7) is 5.54. The number of amides is 1. The Bertz CT molecular complexity index is 1120. The maximum absolute atomic E-state index is 13.1. The Hall–Kier alpha value is -2.70. The quantitative estimate of drug-likeness (QED) is 0.682. The number of anilines is 1. The number of hydrogen-bond donors (Lipinski definition) is 1. The largest absolute Gasteiger partial charge is 0.325 e. The van der Waals surface area contributed by atoms with Crippen molar-refractivity contribution in [1.82, 2.24) is 4.31 Å². The molecule has 0 bridgehead atoms. The number of nitrogens with one attached hydrogen (secondary N) is 1. The van der Waals surface area contributed by atoms with Gasteiger partial charge in [0.25, 0.3) is 0 Å². The zero-order chi connectivity index (χ0) is 20.3. The van der Waals surface area contributed by atoms with Crippen molar-refractivity contribution in [1.29, 1.82) is 0 Å². The fourth-order valence-electron chi connectivity index (χ4n) is 3.06. The molecule has 3 aromatic rings. The van der Waals surface area contributed by atoms with Crippen LogP contribution in [0.2, 0.25) is 0 Å². The molecule has 0 unspecified atom stereocenters. The normalized spacial score (nSPS) is 11.7. The molecule has 0 saturated heterocycles. The van der Waals surface area contributed by atoms with Crippen molar-refractivity contribution in [3.8, 4) is 0 Å². The minimum atomic E-state index is -3.78. The lowest BCUT2D eigenvalue weighted by molar-refractivity contribution is -0.116. The standard InChI is InChI=1S/C22H24N2O3S/c1-4-24(15-22(25)23-21-13-16(2)9-10-17(21)3)28(26,27)20-12-11-18-7-5-6-8-19(18)14-20/h5-14H,4,15H2,1-3H3,(H,23,25). The molecule has 1 amide bonds. The Balaban J connectivity index is 1.82. The topological polar surface area (TPSA) is 66.5 Å². The van der Waals surface area contributed by atoms with Gasteiger partial charge in [0.1, 0.15) is 0 Å². The van der Waals surface area contributed by atoms with E-state index in [2.05, 4.69) is 5.32 Å². The minimum Gasteiger partial charge on any atom is -0.325 e. The molecule has 6 heteroatoms. The molecule has 0 aromatic heterocycles. The van der Waals surface area contributed by atoms with E-state index in [4.69, 9.17) is 0 Å². The number of hydrogen-bond acceptors (Lipinski definition) is 3. The molecule has 0 aliphatic heterocycles. The second kappa shape index (κ2) is 8.12. The Morgan fingerprint density at radius 2 is 1.68 bits per heavy atom. The molecule has 5 nitrogen and oxygen atoms in total. The van der Waals surface area contributed by atoms with Crippen LogP contribution in [0.1, 0.15) is 18.1 Å². The van der Waals surface area contributed by atoms with E-state index in [1.165, 1.54) is 4.31 Å². The fourth-order valence-corrected chi connectivity index (χ4v) is 4.51. The molecular formula is C22H24N2O3S. The minimum absolute atomic E-state index is 0.188. The summed E-state index contributed by atoms with van der Waals surface area (Å²) < 4.78 is 27.3. The van der Waals surface area contributed by atoms with Crippen molar-refractivity contribution in [3.63, 3.8) is 0 Å². The zero-order valence-corrected chi connectivity index (χ0v) is 17.1. The number of rotatable bonds is 6. The van der Waals surface area contributed by atoms with E-state index in [1.54, 1.807) is 25.1 Å². The van der Waals surface area contributed by atoms with Crippen LogP contribution in [0.4, 0.5) is 5.69 Å². The van der Waals surface area contributed by atoms with E-state index in [9.17, 15) is 13.2 Å². The molecule has 0 aliphatic rings. The van der Waals surface area contributed by atoms with Crippen LogP contribution in [0.25, 0.3) is 10.8 Å². The Morgan fingerprint density at radius 3 is 2.39 bits per heavy atom. The molecule has 0 saturated carbocycles. The summed E-state index contributed by atoms with van der Waals surface area (Å²) in [7, 11) is -3.78. The monoisotopic (exact) mass is 396 g/mol. The van der Waals surface area contributed by atoms with E-state index in [-0.39, 0.29) is 23.9 Å². The van der Waals surface area contributed by atoms with E-state index in [1.807, 2.05) is 56.3 Å². The molecule has 1 N–H and O–H groups in total. The average Bonchev–Trinajstić information content (AvgIpc) is 2.68. The van der Waals surface area contributed by atoms with Crippen LogP contribution < -0.4 is 5.32 Å². The van der Waals surface area contributed by atoms with Gasteiger partial charge in [-0.3, -0.25) is 4.79 Å². The smallest absolute Gasteiger partial charge is 0.243 e. The van der Waals surface area contributed by atoms with Crippen LogP contribution in [0, 0.1) is 13.8 Å². The number of fused-ring (bicyclic) bond motifs is 1. The summed E-state index contributed by atoms with van der Waals surface area (Å²) in [6.07, 6.45) is 0. The molecule has 0 spiro atoms. The molecule has 3 aromatic carbocycles. The zero-order valence-electron chi connectivity index (χ0n) is 16.3. The summed E-state index contributed by atoms with van der Waals surface area (Å²) in [5, 5.41) is 4.64. The molecule has 146 valence electrons. The number of sulfonamides is 1. The first-order valence-corrected chi connectivity index (χ1v) is 10.6. The molecule has 0 atom stereocenters. The number of carbonyl (C=O) groups is 1. The predicted octanol–water partition coefficient (Wildman–Crippen LogP) is 4.11. The fraction of sp³-hybridized carbons (Fsp3) is 0.227. The second-order valence-electron chi connectivity index (χ2n) is 6.81. The van der Waals surface area contributed by atoms with Gasteiger partial charge in [-0.15, -0.1) is 0 Å². The molecule has 0 radical (unpaired) electrons. The highest BCUT2D eigenvalue weighted by atomic mass is 32.2. The van der Waals surface area contributed by atoms with Crippen molar-refractivity contribution >= 4 is 32.4 Å². The van der Waals surface area contributed by atoms with Crippen molar-refractivity contribution in [2.75, 3.05) is 18.4 Å². The highest BCUT2D eigenvalue weighted by Crippen LogP contribution is 2.22. The number of aryl methyl sites for hydroxylation is 2. The van der Waals surface area contributed by atoms with Crippen LogP contribution >= 0.6 is 0 Å². The molecule has 0 aliphatic carbocycles. The van der Waals surface area contributed by atoms with Gasteiger partial charge in [0, 0.05) is 12.2 Å². The third-order valence-corrected chi connectivity index (χ3v) is 6.62. The summed E-state index contributed by atoms with van der Waals surface area (Å²) in [5.41, 5.74) is 2.65. The second-order valence-corrected chi connectivity index (χ2v) is 8.74. The Kier molecular flexibility index (Phi) is 5.82. The van der Waals surface area contributed by atoms with Crippen molar-refractivity contribution in [2.45, 2.75) is 25.7 Å². The van der Waals surface area contributed by atoms with Gasteiger partial charge >= 0.3 is 0 Å². The van der Waals surface area contributed by atoms with Crippen LogP contribution in [-0.2, 0) is 14.8 Å². The number of nitrogens with zero attached hydrogens (tertiary/aromatic N) is 1. The molecule has 3 rings (SSSR count). The SMILES string of the molecule is CCN(CC(=O)Nc1cc(C)ccc1C)S(=O)(=O)c1ccc2ccccc2c1. The maximum Gasteiger partial charge on any atom is 0.243 e. The first-order valence-electron chi connectivity index (χ1n) is 9.17. The molecule has 0 heterocycles. The van der Waals surface area contributed by atoms with Crippen molar-refractivity contribution in [2.24, 2.45) is 0 Å².